The van der Waals surface area contributed by atoms with Gasteiger partial charge in [-0.2, -0.15) is 0 Å². The third-order valence-electron chi connectivity index (χ3n) is 9.24. The number of anilines is 1. The maximum Gasteiger partial charge on any atom is 0.302 e. The smallest absolute Gasteiger partial charge is 0.302 e. The quantitative estimate of drug-likeness (QED) is 0.204. The fourth-order valence-electron chi connectivity index (χ4n) is 6.14. The number of ether oxygens (including phenoxy) is 5. The molecule has 10 heteroatoms. The number of aliphatic hydroxyl groups is 1. The van der Waals surface area contributed by atoms with E-state index in [0.717, 1.165) is 23.8 Å². The zero-order chi connectivity index (χ0) is 36.8. The second kappa shape index (κ2) is 19.7. The van der Waals surface area contributed by atoms with Crippen LogP contribution in [0.5, 0.6) is 5.75 Å². The number of benzene rings is 1. The topological polar surface area (TPSA) is 124 Å². The Morgan fingerprint density at radius 1 is 1.12 bits per heavy atom. The molecule has 1 amide bonds. The highest BCUT2D eigenvalue weighted by Gasteiger charge is 2.63. The predicted octanol–water partition coefficient (Wildman–Crippen LogP) is 6.53. The van der Waals surface area contributed by atoms with Crippen LogP contribution in [0.15, 0.2) is 35.9 Å². The number of amides is 1. The van der Waals surface area contributed by atoms with Gasteiger partial charge in [0.2, 0.25) is 5.91 Å². The first kappa shape index (κ1) is 42.8. The van der Waals surface area contributed by atoms with Crippen molar-refractivity contribution in [1.29, 1.82) is 0 Å². The summed E-state index contributed by atoms with van der Waals surface area (Å²) in [5, 5.41) is 7.00. The Labute approximate surface area is 288 Å². The van der Waals surface area contributed by atoms with Crippen molar-refractivity contribution in [3.05, 3.63) is 47.1 Å². The standard InChI is InChI=1S/C33H47NO8.C4H10.CH4O/c1-20-12-11-13-28(39-10)32(5,6)18-27(41-23(4)36)22(3)31-33(7,42-31)29(40-19-35)17-30(37)34(8)25-15-24(14-20)16-26(38-9)21(25)2;1-3-4-2;1-2/h11-13,15-16,19,22,27-29,31H,14,17-18H2,1-10H3;3-4H2,1-2H3;2H,1H3/b13-11+,20-12+;;. The Bertz CT molecular complexity index is 1250. The molecule has 6 atom stereocenters. The molecule has 0 spiro atoms. The van der Waals surface area contributed by atoms with E-state index in [-0.39, 0.29) is 24.3 Å². The number of esters is 1. The Balaban J connectivity index is 0.00000178. The lowest BCUT2D eigenvalue weighted by molar-refractivity contribution is -0.152. The summed E-state index contributed by atoms with van der Waals surface area (Å²) in [5.41, 5.74) is 2.30. The molecule has 10 nitrogen and oxygen atoms in total. The number of fused-ring (bicyclic) bond motifs is 3. The van der Waals surface area contributed by atoms with E-state index < -0.39 is 35.3 Å². The molecule has 2 heterocycles. The molecule has 2 aliphatic rings. The zero-order valence-corrected chi connectivity index (χ0v) is 31.5. The number of hydrogen-bond acceptors (Lipinski definition) is 9. The van der Waals surface area contributed by atoms with E-state index >= 15 is 0 Å². The number of epoxide rings is 1. The van der Waals surface area contributed by atoms with Crippen LogP contribution in [-0.4, -0.2) is 81.8 Å². The highest BCUT2D eigenvalue weighted by atomic mass is 16.6. The maximum atomic E-state index is 13.6. The lowest BCUT2D eigenvalue weighted by Gasteiger charge is -2.36. The first-order valence-corrected chi connectivity index (χ1v) is 16.8. The van der Waals surface area contributed by atoms with E-state index in [1.165, 1.54) is 19.8 Å². The Hall–Kier alpha value is -3.21. The van der Waals surface area contributed by atoms with E-state index in [1.54, 1.807) is 26.2 Å². The summed E-state index contributed by atoms with van der Waals surface area (Å²) in [6, 6.07) is 3.98. The van der Waals surface area contributed by atoms with Crippen molar-refractivity contribution in [2.45, 2.75) is 124 Å². The Morgan fingerprint density at radius 2 is 1.75 bits per heavy atom. The van der Waals surface area contributed by atoms with Crippen LogP contribution in [0.25, 0.3) is 0 Å². The maximum absolute atomic E-state index is 13.6. The highest BCUT2D eigenvalue weighted by molar-refractivity contribution is 5.94. The third kappa shape index (κ3) is 11.4. The molecule has 1 N–H and O–H groups in total. The minimum absolute atomic E-state index is 0.0841. The van der Waals surface area contributed by atoms with E-state index in [9.17, 15) is 14.4 Å². The van der Waals surface area contributed by atoms with Crippen LogP contribution in [0.3, 0.4) is 0 Å². The molecule has 272 valence electrons. The van der Waals surface area contributed by atoms with Crippen LogP contribution < -0.4 is 9.64 Å². The van der Waals surface area contributed by atoms with Gasteiger partial charge in [-0.25, -0.2) is 0 Å². The monoisotopic (exact) mass is 675 g/mol. The first-order chi connectivity index (χ1) is 22.6. The second-order valence-corrected chi connectivity index (χ2v) is 13.5. The summed E-state index contributed by atoms with van der Waals surface area (Å²) in [5.74, 6) is -0.198. The van der Waals surface area contributed by atoms with Crippen molar-refractivity contribution < 1.29 is 43.2 Å². The Kier molecular flexibility index (Phi) is 17.6. The van der Waals surface area contributed by atoms with Gasteiger partial charge in [0, 0.05) is 39.7 Å². The van der Waals surface area contributed by atoms with Crippen LogP contribution in [0.4, 0.5) is 5.69 Å². The van der Waals surface area contributed by atoms with Crippen LogP contribution >= 0.6 is 0 Å². The van der Waals surface area contributed by atoms with Gasteiger partial charge in [0.15, 0.2) is 0 Å². The van der Waals surface area contributed by atoms with Crippen molar-refractivity contribution >= 4 is 24.0 Å². The molecule has 1 aromatic carbocycles. The second-order valence-electron chi connectivity index (χ2n) is 13.5. The molecule has 3 rings (SSSR count). The van der Waals surface area contributed by atoms with Gasteiger partial charge < -0.3 is 33.7 Å². The average molecular weight is 676 g/mol. The van der Waals surface area contributed by atoms with Gasteiger partial charge >= 0.3 is 5.97 Å². The van der Waals surface area contributed by atoms with Crippen LogP contribution in [0, 0.1) is 18.3 Å². The molecule has 1 saturated heterocycles. The van der Waals surface area contributed by atoms with Crippen molar-refractivity contribution in [2.75, 3.05) is 33.3 Å². The van der Waals surface area contributed by atoms with Gasteiger partial charge in [0.05, 0.1) is 31.4 Å². The lowest BCUT2D eigenvalue weighted by Crippen LogP contribution is -2.42. The van der Waals surface area contributed by atoms with Crippen molar-refractivity contribution in [3.8, 4) is 5.75 Å². The van der Waals surface area contributed by atoms with Crippen molar-refractivity contribution in [3.63, 3.8) is 0 Å². The summed E-state index contributed by atoms with van der Waals surface area (Å²) < 4.78 is 29.0. The summed E-state index contributed by atoms with van der Waals surface area (Å²) in [6.07, 6.45) is 7.76. The van der Waals surface area contributed by atoms with Gasteiger partial charge in [-0.1, -0.05) is 71.3 Å². The van der Waals surface area contributed by atoms with E-state index in [2.05, 4.69) is 27.7 Å². The molecule has 48 heavy (non-hydrogen) atoms. The Morgan fingerprint density at radius 3 is 2.27 bits per heavy atom. The molecular formula is C38H61NO9. The minimum atomic E-state index is -0.932. The number of hydrogen-bond donors (Lipinski definition) is 1. The van der Waals surface area contributed by atoms with E-state index in [0.29, 0.717) is 30.8 Å². The molecule has 6 unspecified atom stereocenters. The number of methoxy groups -OCH3 is 2. The third-order valence-corrected chi connectivity index (χ3v) is 9.24. The summed E-state index contributed by atoms with van der Waals surface area (Å²) in [7, 11) is 5.99. The van der Waals surface area contributed by atoms with Crippen molar-refractivity contribution in [1.82, 2.24) is 0 Å². The molecule has 1 aromatic rings. The fraction of sp³-hybridized carbons (Fsp3) is 0.658. The number of nitrogens with zero attached hydrogens (tertiary/aromatic N) is 1. The summed E-state index contributed by atoms with van der Waals surface area (Å²) >= 11 is 0. The van der Waals surface area contributed by atoms with E-state index in [1.807, 2.05) is 58.1 Å². The van der Waals surface area contributed by atoms with Crippen molar-refractivity contribution in [2.24, 2.45) is 11.3 Å². The molecular weight excluding hydrogens is 614 g/mol. The van der Waals surface area contributed by atoms with Gasteiger partial charge in [-0.15, -0.1) is 0 Å². The number of rotatable bonds is 6. The zero-order valence-electron chi connectivity index (χ0n) is 31.5. The number of aliphatic hydroxyl groups excluding tert-OH is 1. The molecule has 0 aromatic heterocycles. The number of allylic oxidation sites excluding steroid dienone is 3. The largest absolute Gasteiger partial charge is 0.496 e. The molecule has 1 fully saturated rings. The average Bonchev–Trinajstić information content (AvgIpc) is 3.74. The minimum Gasteiger partial charge on any atom is -0.496 e. The molecule has 0 saturated carbocycles. The van der Waals surface area contributed by atoms with Crippen LogP contribution in [0.1, 0.15) is 92.2 Å². The number of carbonyl (C=O) groups excluding carboxylic acids is 3. The van der Waals surface area contributed by atoms with Gasteiger partial charge in [-0.3, -0.25) is 14.4 Å². The number of unbranched alkanes of at least 4 members (excludes halogenated alkanes) is 1. The SMILES string of the molecule is CCCC.CO.COc1cc2cc(c1C)N(C)C(=O)CC(OC=O)C1(C)OC1C(C)C(OC(C)=O)CC(C)(C)C(OC)/C=C/C=C(\C)C2. The molecule has 2 aliphatic heterocycles. The normalized spacial score (nSPS) is 28.9. The van der Waals surface area contributed by atoms with E-state index in [4.69, 9.17) is 28.8 Å². The van der Waals surface area contributed by atoms with Gasteiger partial charge in [0.1, 0.15) is 23.6 Å². The highest BCUT2D eigenvalue weighted by Crippen LogP contribution is 2.49. The van der Waals surface area contributed by atoms with Crippen LogP contribution in [-0.2, 0) is 39.8 Å². The first-order valence-electron chi connectivity index (χ1n) is 16.8. The van der Waals surface area contributed by atoms with Gasteiger partial charge in [0.25, 0.3) is 6.47 Å². The molecule has 0 aliphatic carbocycles. The molecule has 2 bridgehead atoms. The predicted molar refractivity (Wildman–Crippen MR) is 189 cm³/mol. The van der Waals surface area contributed by atoms with Crippen LogP contribution in [0.2, 0.25) is 0 Å². The summed E-state index contributed by atoms with van der Waals surface area (Å²) in [6.45, 7) is 18.0. The number of carbonyl (C=O) groups is 3. The van der Waals surface area contributed by atoms with Gasteiger partial charge in [-0.05, 0) is 56.7 Å². The fourth-order valence-corrected chi connectivity index (χ4v) is 6.14. The molecule has 0 radical (unpaired) electrons. The lowest BCUT2D eigenvalue weighted by atomic mass is 9.76. The summed E-state index contributed by atoms with van der Waals surface area (Å²) in [4.78, 5) is 39.0.